The highest BCUT2D eigenvalue weighted by Crippen LogP contribution is 2.06. The van der Waals surface area contributed by atoms with Gasteiger partial charge in [0, 0.05) is 5.33 Å². The fraction of sp³-hybridized carbons (Fsp3) is 0.125. The van der Waals surface area contributed by atoms with Gasteiger partial charge in [0.1, 0.15) is 0 Å². The average Bonchev–Trinajstić information content (AvgIpc) is 2.07. The van der Waals surface area contributed by atoms with E-state index in [4.69, 9.17) is 5.21 Å². The minimum Gasteiger partial charge on any atom is -0.411 e. The number of hydrogen-bond acceptors (Lipinski definition) is 2. The number of hydrogen-bond donors (Lipinski definition) is 1. The summed E-state index contributed by atoms with van der Waals surface area (Å²) in [5.74, 6) is 0. The summed E-state index contributed by atoms with van der Waals surface area (Å²) < 4.78 is 0. The van der Waals surface area contributed by atoms with Gasteiger partial charge in [-0.15, -0.1) is 0 Å². The lowest BCUT2D eigenvalue weighted by atomic mass is 10.2. The summed E-state index contributed by atoms with van der Waals surface area (Å²) in [6.07, 6.45) is 1.40. The molecule has 0 aliphatic carbocycles. The minimum absolute atomic E-state index is 0.851. The number of oxime groups is 1. The Balaban J connectivity index is 2.82. The Labute approximate surface area is 73.7 Å². The largest absolute Gasteiger partial charge is 0.411 e. The molecule has 0 bridgehead atoms. The van der Waals surface area contributed by atoms with Crippen LogP contribution in [0.5, 0.6) is 0 Å². The molecule has 1 aromatic carbocycles. The Hall–Kier alpha value is -0.830. The topological polar surface area (TPSA) is 32.6 Å². The van der Waals surface area contributed by atoms with E-state index < -0.39 is 0 Å². The van der Waals surface area contributed by atoms with Gasteiger partial charge in [0.2, 0.25) is 0 Å². The highest BCUT2D eigenvalue weighted by atomic mass is 79.9. The van der Waals surface area contributed by atoms with Crippen molar-refractivity contribution < 1.29 is 5.21 Å². The molecule has 0 fully saturated rings. The van der Waals surface area contributed by atoms with Crippen LogP contribution in [0, 0.1) is 0 Å². The van der Waals surface area contributed by atoms with E-state index in [2.05, 4.69) is 21.1 Å². The first-order valence-electron chi connectivity index (χ1n) is 3.19. The predicted octanol–water partition coefficient (Wildman–Crippen LogP) is 2.39. The van der Waals surface area contributed by atoms with Gasteiger partial charge in [0.25, 0.3) is 0 Å². The van der Waals surface area contributed by atoms with Crippen molar-refractivity contribution >= 4 is 22.1 Å². The molecule has 11 heavy (non-hydrogen) atoms. The molecule has 0 saturated carbocycles. The van der Waals surface area contributed by atoms with E-state index in [1.165, 1.54) is 11.8 Å². The third-order valence-electron chi connectivity index (χ3n) is 1.34. The van der Waals surface area contributed by atoms with E-state index in [-0.39, 0.29) is 0 Å². The van der Waals surface area contributed by atoms with Crippen LogP contribution in [0.2, 0.25) is 0 Å². The molecule has 1 aromatic rings. The number of halogens is 1. The molecule has 0 aliphatic rings. The normalized spacial score (nSPS) is 10.6. The van der Waals surface area contributed by atoms with Crippen LogP contribution in [0.3, 0.4) is 0 Å². The highest BCUT2D eigenvalue weighted by Gasteiger charge is 1.89. The van der Waals surface area contributed by atoms with Gasteiger partial charge >= 0.3 is 0 Å². The summed E-state index contributed by atoms with van der Waals surface area (Å²) in [4.78, 5) is 0. The Kier molecular flexibility index (Phi) is 3.11. The zero-order valence-corrected chi connectivity index (χ0v) is 7.45. The molecule has 0 unspecified atom stereocenters. The van der Waals surface area contributed by atoms with Crippen LogP contribution in [0.4, 0.5) is 0 Å². The Morgan fingerprint density at radius 1 is 1.36 bits per heavy atom. The number of rotatable bonds is 2. The molecule has 0 radical (unpaired) electrons. The zero-order chi connectivity index (χ0) is 8.10. The molecule has 0 saturated heterocycles. The number of nitrogens with zero attached hydrogens (tertiary/aromatic N) is 1. The van der Waals surface area contributed by atoms with Gasteiger partial charge in [-0.1, -0.05) is 45.4 Å². The van der Waals surface area contributed by atoms with Crippen molar-refractivity contribution in [3.63, 3.8) is 0 Å². The fourth-order valence-corrected chi connectivity index (χ4v) is 1.13. The maximum absolute atomic E-state index is 8.21. The third-order valence-corrected chi connectivity index (χ3v) is 1.99. The second kappa shape index (κ2) is 4.13. The summed E-state index contributed by atoms with van der Waals surface area (Å²) in [6.45, 7) is 0. The minimum atomic E-state index is 0.851. The summed E-state index contributed by atoms with van der Waals surface area (Å²) in [6, 6.07) is 7.75. The molecule has 0 aliphatic heterocycles. The fourth-order valence-electron chi connectivity index (χ4n) is 0.759. The molecule has 0 aromatic heterocycles. The molecule has 2 nitrogen and oxygen atoms in total. The van der Waals surface area contributed by atoms with E-state index in [1.54, 1.807) is 0 Å². The zero-order valence-electron chi connectivity index (χ0n) is 5.87. The van der Waals surface area contributed by atoms with Crippen LogP contribution in [0.25, 0.3) is 0 Å². The lowest BCUT2D eigenvalue weighted by Crippen LogP contribution is -1.81. The maximum Gasteiger partial charge on any atom is 0.0733 e. The van der Waals surface area contributed by atoms with E-state index in [1.807, 2.05) is 24.3 Å². The van der Waals surface area contributed by atoms with Crippen LogP contribution < -0.4 is 0 Å². The van der Waals surface area contributed by atoms with Crippen molar-refractivity contribution in [3.05, 3.63) is 35.4 Å². The van der Waals surface area contributed by atoms with Gasteiger partial charge in [-0.25, -0.2) is 0 Å². The first-order chi connectivity index (χ1) is 5.36. The van der Waals surface area contributed by atoms with E-state index in [0.717, 1.165) is 10.9 Å². The SMILES string of the molecule is ON=Cc1ccc(CBr)cc1. The van der Waals surface area contributed by atoms with Gasteiger partial charge in [0.05, 0.1) is 6.21 Å². The molecule has 1 rings (SSSR count). The summed E-state index contributed by atoms with van der Waals surface area (Å²) in [7, 11) is 0. The van der Waals surface area contributed by atoms with Crippen molar-refractivity contribution in [1.29, 1.82) is 0 Å². The standard InChI is InChI=1S/C8H8BrNO/c9-5-7-1-3-8(4-2-7)6-10-11/h1-4,6,11H,5H2. The average molecular weight is 214 g/mol. The van der Waals surface area contributed by atoms with Crippen molar-refractivity contribution in [2.45, 2.75) is 5.33 Å². The van der Waals surface area contributed by atoms with E-state index >= 15 is 0 Å². The van der Waals surface area contributed by atoms with Crippen LogP contribution in [-0.2, 0) is 5.33 Å². The maximum atomic E-state index is 8.21. The lowest BCUT2D eigenvalue weighted by molar-refractivity contribution is 0.322. The molecular weight excluding hydrogens is 206 g/mol. The van der Waals surface area contributed by atoms with Gasteiger partial charge in [-0.3, -0.25) is 0 Å². The molecule has 0 atom stereocenters. The molecule has 0 spiro atoms. The predicted molar refractivity (Wildman–Crippen MR) is 48.5 cm³/mol. The van der Waals surface area contributed by atoms with Gasteiger partial charge in [-0.2, -0.15) is 0 Å². The Bertz CT molecular complexity index is 243. The second-order valence-electron chi connectivity index (χ2n) is 2.12. The van der Waals surface area contributed by atoms with Crippen LogP contribution >= 0.6 is 15.9 Å². The molecular formula is C8H8BrNO. The lowest BCUT2D eigenvalue weighted by Gasteiger charge is -1.94. The monoisotopic (exact) mass is 213 g/mol. The highest BCUT2D eigenvalue weighted by molar-refractivity contribution is 9.08. The number of alkyl halides is 1. The molecule has 0 amide bonds. The summed E-state index contributed by atoms with van der Waals surface area (Å²) >= 11 is 3.34. The molecule has 58 valence electrons. The quantitative estimate of drug-likeness (QED) is 0.348. The van der Waals surface area contributed by atoms with Crippen LogP contribution in [-0.4, -0.2) is 11.4 Å². The first kappa shape index (κ1) is 8.27. The van der Waals surface area contributed by atoms with Crippen molar-refractivity contribution in [2.75, 3.05) is 0 Å². The summed E-state index contributed by atoms with van der Waals surface area (Å²) in [5, 5.41) is 12.0. The first-order valence-corrected chi connectivity index (χ1v) is 4.31. The van der Waals surface area contributed by atoms with Gasteiger partial charge in [-0.05, 0) is 11.1 Å². The second-order valence-corrected chi connectivity index (χ2v) is 2.68. The Morgan fingerprint density at radius 2 is 2.00 bits per heavy atom. The van der Waals surface area contributed by atoms with Crippen LogP contribution in [0.15, 0.2) is 29.4 Å². The van der Waals surface area contributed by atoms with Crippen molar-refractivity contribution in [2.24, 2.45) is 5.16 Å². The van der Waals surface area contributed by atoms with E-state index in [9.17, 15) is 0 Å². The third kappa shape index (κ3) is 2.35. The van der Waals surface area contributed by atoms with Crippen molar-refractivity contribution in [1.82, 2.24) is 0 Å². The smallest absolute Gasteiger partial charge is 0.0733 e. The molecule has 3 heteroatoms. The van der Waals surface area contributed by atoms with E-state index in [0.29, 0.717) is 0 Å². The molecule has 0 heterocycles. The van der Waals surface area contributed by atoms with Gasteiger partial charge < -0.3 is 5.21 Å². The molecule has 1 N–H and O–H groups in total. The van der Waals surface area contributed by atoms with Crippen molar-refractivity contribution in [3.8, 4) is 0 Å². The summed E-state index contributed by atoms with van der Waals surface area (Å²) in [5.41, 5.74) is 2.11. The number of benzene rings is 1. The van der Waals surface area contributed by atoms with Gasteiger partial charge in [0.15, 0.2) is 0 Å². The van der Waals surface area contributed by atoms with Crippen LogP contribution in [0.1, 0.15) is 11.1 Å². The Morgan fingerprint density at radius 3 is 2.45 bits per heavy atom.